The minimum atomic E-state index is -0.0743. The predicted molar refractivity (Wildman–Crippen MR) is 85.2 cm³/mol. The Hall–Kier alpha value is -0.120. The molecule has 0 aliphatic heterocycles. The van der Waals surface area contributed by atoms with Crippen LogP contribution in [0.5, 0.6) is 0 Å². The van der Waals surface area contributed by atoms with Crippen molar-refractivity contribution in [2.75, 3.05) is 19.8 Å². The summed E-state index contributed by atoms with van der Waals surface area (Å²) in [5.74, 6) is 0. The third-order valence-corrected chi connectivity index (χ3v) is 4.09. The Morgan fingerprint density at radius 2 is 1.90 bits per heavy atom. The Bertz CT molecular complexity index is 271. The van der Waals surface area contributed by atoms with Crippen LogP contribution in [-0.2, 0) is 9.47 Å². The van der Waals surface area contributed by atoms with E-state index in [4.69, 9.17) is 9.47 Å². The van der Waals surface area contributed by atoms with E-state index in [0.29, 0.717) is 30.8 Å². The zero-order chi connectivity index (χ0) is 15.2. The average molecular weight is 285 g/mol. The van der Waals surface area contributed by atoms with E-state index in [9.17, 15) is 0 Å². The van der Waals surface area contributed by atoms with Crippen molar-refractivity contribution in [1.82, 2.24) is 5.32 Å². The molecule has 1 aliphatic carbocycles. The van der Waals surface area contributed by atoms with E-state index in [1.165, 1.54) is 25.7 Å². The number of hydrogen-bond acceptors (Lipinski definition) is 3. The summed E-state index contributed by atoms with van der Waals surface area (Å²) in [6, 6.07) is 0.464. The summed E-state index contributed by atoms with van der Waals surface area (Å²) in [7, 11) is 0. The fourth-order valence-corrected chi connectivity index (χ4v) is 3.02. The van der Waals surface area contributed by atoms with Crippen molar-refractivity contribution in [3.05, 3.63) is 0 Å². The van der Waals surface area contributed by atoms with Crippen LogP contribution < -0.4 is 5.32 Å². The van der Waals surface area contributed by atoms with Crippen molar-refractivity contribution in [1.29, 1.82) is 0 Å². The highest BCUT2D eigenvalue weighted by molar-refractivity contribution is 4.94. The van der Waals surface area contributed by atoms with Crippen LogP contribution in [0.1, 0.15) is 67.2 Å². The normalized spacial score (nSPS) is 26.7. The second kappa shape index (κ2) is 7.77. The maximum Gasteiger partial charge on any atom is 0.0734 e. The van der Waals surface area contributed by atoms with Gasteiger partial charge in [-0.3, -0.25) is 0 Å². The monoisotopic (exact) mass is 285 g/mol. The van der Waals surface area contributed by atoms with Crippen LogP contribution in [0.15, 0.2) is 0 Å². The van der Waals surface area contributed by atoms with Crippen molar-refractivity contribution >= 4 is 0 Å². The smallest absolute Gasteiger partial charge is 0.0734 e. The fraction of sp³-hybridized carbons (Fsp3) is 1.00. The Labute approximate surface area is 125 Å². The minimum absolute atomic E-state index is 0.0743. The lowest BCUT2D eigenvalue weighted by atomic mass is 9.71. The third kappa shape index (κ3) is 6.11. The molecule has 1 N–H and O–H groups in total. The van der Waals surface area contributed by atoms with Crippen LogP contribution in [0.25, 0.3) is 0 Å². The highest BCUT2D eigenvalue weighted by Crippen LogP contribution is 2.37. The standard InChI is InChI=1S/C17H35NO2/c1-7-11-18-15-14(9-8-10-17(15,5)6)19-12-13-20-16(2,3)4/h14-15,18H,7-13H2,1-6H3. The topological polar surface area (TPSA) is 30.5 Å². The molecule has 0 aromatic heterocycles. The maximum atomic E-state index is 6.14. The summed E-state index contributed by atoms with van der Waals surface area (Å²) in [5.41, 5.74) is 0.248. The van der Waals surface area contributed by atoms with Crippen LogP contribution in [0.4, 0.5) is 0 Å². The second-order valence-corrected chi connectivity index (χ2v) is 7.68. The molecule has 0 heterocycles. The third-order valence-electron chi connectivity index (χ3n) is 4.09. The molecule has 3 heteroatoms. The lowest BCUT2D eigenvalue weighted by Crippen LogP contribution is -2.53. The van der Waals surface area contributed by atoms with Gasteiger partial charge in [0.1, 0.15) is 0 Å². The number of rotatable bonds is 7. The number of ether oxygens (including phenoxy) is 2. The summed E-state index contributed by atoms with van der Waals surface area (Å²) >= 11 is 0. The molecule has 3 nitrogen and oxygen atoms in total. The van der Waals surface area contributed by atoms with Crippen molar-refractivity contribution in [3.63, 3.8) is 0 Å². The van der Waals surface area contributed by atoms with Gasteiger partial charge in [0.05, 0.1) is 24.9 Å². The molecule has 20 heavy (non-hydrogen) atoms. The minimum Gasteiger partial charge on any atom is -0.374 e. The average Bonchev–Trinajstić information content (AvgIpc) is 2.31. The van der Waals surface area contributed by atoms with Crippen molar-refractivity contribution in [2.24, 2.45) is 5.41 Å². The van der Waals surface area contributed by atoms with Gasteiger partial charge in [0.15, 0.2) is 0 Å². The van der Waals surface area contributed by atoms with Crippen LogP contribution >= 0.6 is 0 Å². The van der Waals surface area contributed by atoms with E-state index in [1.54, 1.807) is 0 Å². The summed E-state index contributed by atoms with van der Waals surface area (Å²) in [6.07, 6.45) is 5.22. The zero-order valence-corrected chi connectivity index (χ0v) is 14.4. The first-order valence-electron chi connectivity index (χ1n) is 8.25. The molecule has 0 spiro atoms. The molecule has 0 aromatic rings. The molecule has 0 radical (unpaired) electrons. The molecule has 1 rings (SSSR count). The molecule has 1 saturated carbocycles. The predicted octanol–water partition coefficient (Wildman–Crippen LogP) is 3.77. The molecule has 0 saturated heterocycles. The first-order valence-corrected chi connectivity index (χ1v) is 8.25. The van der Waals surface area contributed by atoms with Gasteiger partial charge in [0, 0.05) is 6.04 Å². The Morgan fingerprint density at radius 3 is 2.50 bits per heavy atom. The molecule has 2 atom stereocenters. The van der Waals surface area contributed by atoms with Gasteiger partial charge >= 0.3 is 0 Å². The molecular formula is C17H35NO2. The Kier molecular flexibility index (Phi) is 6.96. The summed E-state index contributed by atoms with van der Waals surface area (Å²) in [6.45, 7) is 15.7. The molecular weight excluding hydrogens is 250 g/mol. The van der Waals surface area contributed by atoms with E-state index < -0.39 is 0 Å². The van der Waals surface area contributed by atoms with Crippen LogP contribution in [0, 0.1) is 5.41 Å². The van der Waals surface area contributed by atoms with Gasteiger partial charge in [-0.05, 0) is 52.0 Å². The van der Waals surface area contributed by atoms with E-state index in [2.05, 4.69) is 46.9 Å². The SMILES string of the molecule is CCCNC1C(OCCOC(C)(C)C)CCCC1(C)C. The number of hydrogen-bond donors (Lipinski definition) is 1. The molecule has 0 bridgehead atoms. The van der Waals surface area contributed by atoms with Gasteiger partial charge in [-0.25, -0.2) is 0 Å². The zero-order valence-electron chi connectivity index (χ0n) is 14.4. The van der Waals surface area contributed by atoms with Gasteiger partial charge in [-0.2, -0.15) is 0 Å². The lowest BCUT2D eigenvalue weighted by Gasteiger charge is -2.44. The molecule has 1 aliphatic rings. The van der Waals surface area contributed by atoms with E-state index in [-0.39, 0.29) is 5.60 Å². The van der Waals surface area contributed by atoms with E-state index >= 15 is 0 Å². The molecule has 2 unspecified atom stereocenters. The molecule has 1 fully saturated rings. The molecule has 0 aromatic carbocycles. The first kappa shape index (κ1) is 17.9. The van der Waals surface area contributed by atoms with Crippen molar-refractivity contribution in [2.45, 2.75) is 85.0 Å². The largest absolute Gasteiger partial charge is 0.374 e. The van der Waals surface area contributed by atoms with Gasteiger partial charge in [0.25, 0.3) is 0 Å². The van der Waals surface area contributed by atoms with E-state index in [0.717, 1.165) is 6.54 Å². The van der Waals surface area contributed by atoms with Crippen molar-refractivity contribution in [3.8, 4) is 0 Å². The lowest BCUT2D eigenvalue weighted by molar-refractivity contribution is -0.0807. The van der Waals surface area contributed by atoms with Crippen molar-refractivity contribution < 1.29 is 9.47 Å². The highest BCUT2D eigenvalue weighted by Gasteiger charge is 2.39. The Morgan fingerprint density at radius 1 is 1.20 bits per heavy atom. The quantitative estimate of drug-likeness (QED) is 0.722. The second-order valence-electron chi connectivity index (χ2n) is 7.68. The van der Waals surface area contributed by atoms with Gasteiger partial charge < -0.3 is 14.8 Å². The highest BCUT2D eigenvalue weighted by atomic mass is 16.5. The summed E-state index contributed by atoms with van der Waals surface area (Å²) in [5, 5.41) is 3.70. The summed E-state index contributed by atoms with van der Waals surface area (Å²) < 4.78 is 11.9. The van der Waals surface area contributed by atoms with Gasteiger partial charge in [-0.1, -0.05) is 27.2 Å². The molecule has 120 valence electrons. The van der Waals surface area contributed by atoms with Gasteiger partial charge in [0.2, 0.25) is 0 Å². The van der Waals surface area contributed by atoms with Crippen LogP contribution in [-0.4, -0.2) is 37.5 Å². The van der Waals surface area contributed by atoms with Crippen LogP contribution in [0.2, 0.25) is 0 Å². The van der Waals surface area contributed by atoms with Crippen LogP contribution in [0.3, 0.4) is 0 Å². The maximum absolute atomic E-state index is 6.14. The van der Waals surface area contributed by atoms with E-state index in [1.807, 2.05) is 0 Å². The molecule has 0 amide bonds. The first-order chi connectivity index (χ1) is 9.26. The Balaban J connectivity index is 2.44. The summed E-state index contributed by atoms with van der Waals surface area (Å²) in [4.78, 5) is 0. The fourth-order valence-electron chi connectivity index (χ4n) is 3.02. The van der Waals surface area contributed by atoms with Gasteiger partial charge in [-0.15, -0.1) is 0 Å². The number of nitrogens with one attached hydrogen (secondary N) is 1.